The second-order valence-corrected chi connectivity index (χ2v) is 7.61. The molecule has 1 aliphatic rings. The fourth-order valence-corrected chi connectivity index (χ4v) is 3.99. The molecule has 150 valence electrons. The number of carboxylic acids is 1. The number of aromatic amines is 1. The Hall–Kier alpha value is -3.35. The van der Waals surface area contributed by atoms with Gasteiger partial charge in [0, 0.05) is 31.0 Å². The first kappa shape index (κ1) is 19.0. The van der Waals surface area contributed by atoms with E-state index in [0.29, 0.717) is 25.1 Å². The highest BCUT2D eigenvalue weighted by atomic mass is 16.4. The topological polar surface area (TPSA) is 93.7 Å². The van der Waals surface area contributed by atoms with Crippen LogP contribution in [0.15, 0.2) is 42.5 Å². The number of piperidine rings is 1. The molecule has 1 unspecified atom stereocenters. The zero-order valence-electron chi connectivity index (χ0n) is 16.2. The van der Waals surface area contributed by atoms with Crippen LogP contribution in [-0.2, 0) is 9.59 Å². The Morgan fingerprint density at radius 2 is 1.97 bits per heavy atom. The van der Waals surface area contributed by atoms with Crippen LogP contribution < -0.4 is 0 Å². The molecule has 7 nitrogen and oxygen atoms in total. The lowest BCUT2D eigenvalue weighted by molar-refractivity contribution is -0.145. The number of benzene rings is 2. The van der Waals surface area contributed by atoms with Crippen molar-refractivity contribution < 1.29 is 19.5 Å². The van der Waals surface area contributed by atoms with Gasteiger partial charge in [-0.25, -0.2) is 0 Å². The number of nitrogens with one attached hydrogen (secondary N) is 1. The summed E-state index contributed by atoms with van der Waals surface area (Å²) in [6, 6.07) is 13.7. The largest absolute Gasteiger partial charge is 0.481 e. The number of likely N-dealkylation sites (N-methyl/N-ethyl adjacent to an activating group) is 1. The second kappa shape index (κ2) is 7.58. The van der Waals surface area contributed by atoms with Crippen LogP contribution in [0.25, 0.3) is 21.7 Å². The Morgan fingerprint density at radius 3 is 2.76 bits per heavy atom. The lowest BCUT2D eigenvalue weighted by Crippen LogP contribution is -2.46. The minimum absolute atomic E-state index is 0.0821. The summed E-state index contributed by atoms with van der Waals surface area (Å²) in [6.07, 6.45) is 1.24. The molecule has 0 aliphatic carbocycles. The zero-order chi connectivity index (χ0) is 20.5. The molecule has 0 saturated carbocycles. The standard InChI is InChI=1S/C22H23N3O4/c1-24(13-20(26)25-10-4-6-15(12-25)22(28)29)21(27)19-11-17-16-7-3-2-5-14(16)8-9-18(17)23-19/h2-3,5,7-9,11,15,23H,4,6,10,12-13H2,1H3,(H,28,29). The maximum Gasteiger partial charge on any atom is 0.308 e. The molecule has 2 heterocycles. The van der Waals surface area contributed by atoms with Crippen molar-refractivity contribution >= 4 is 39.5 Å². The highest BCUT2D eigenvalue weighted by Gasteiger charge is 2.29. The quantitative estimate of drug-likeness (QED) is 0.713. The predicted molar refractivity (Wildman–Crippen MR) is 110 cm³/mol. The van der Waals surface area contributed by atoms with E-state index < -0.39 is 11.9 Å². The van der Waals surface area contributed by atoms with Gasteiger partial charge in [-0.05, 0) is 35.7 Å². The maximum atomic E-state index is 12.9. The van der Waals surface area contributed by atoms with E-state index in [1.54, 1.807) is 11.9 Å². The van der Waals surface area contributed by atoms with E-state index in [0.717, 1.165) is 21.7 Å². The Morgan fingerprint density at radius 1 is 1.17 bits per heavy atom. The Bertz CT molecular complexity index is 1100. The van der Waals surface area contributed by atoms with E-state index in [1.165, 1.54) is 4.90 Å². The summed E-state index contributed by atoms with van der Waals surface area (Å²) < 4.78 is 0. The van der Waals surface area contributed by atoms with Crippen LogP contribution in [0.3, 0.4) is 0 Å². The van der Waals surface area contributed by atoms with Gasteiger partial charge in [0.1, 0.15) is 5.69 Å². The molecule has 1 fully saturated rings. The average molecular weight is 393 g/mol. The number of likely N-dealkylation sites (tertiary alicyclic amines) is 1. The van der Waals surface area contributed by atoms with Crippen molar-refractivity contribution in [1.29, 1.82) is 0 Å². The third kappa shape index (κ3) is 3.68. The number of carboxylic acid groups (broad SMARTS) is 1. The Labute approximate surface area is 167 Å². The van der Waals surface area contributed by atoms with Crippen molar-refractivity contribution in [3.8, 4) is 0 Å². The van der Waals surface area contributed by atoms with Crippen LogP contribution >= 0.6 is 0 Å². The first-order valence-electron chi connectivity index (χ1n) is 9.70. The summed E-state index contributed by atoms with van der Waals surface area (Å²) >= 11 is 0. The molecular formula is C22H23N3O4. The SMILES string of the molecule is CN(CC(=O)N1CCCC(C(=O)O)C1)C(=O)c1cc2c(ccc3ccccc32)[nH]1. The van der Waals surface area contributed by atoms with Gasteiger partial charge in [0.15, 0.2) is 0 Å². The lowest BCUT2D eigenvalue weighted by atomic mass is 9.98. The third-order valence-corrected chi connectivity index (χ3v) is 5.60. The van der Waals surface area contributed by atoms with Crippen LogP contribution in [0.5, 0.6) is 0 Å². The van der Waals surface area contributed by atoms with E-state index in [4.69, 9.17) is 0 Å². The van der Waals surface area contributed by atoms with E-state index in [1.807, 2.05) is 42.5 Å². The number of fused-ring (bicyclic) bond motifs is 3. The van der Waals surface area contributed by atoms with Gasteiger partial charge in [0.25, 0.3) is 5.91 Å². The summed E-state index contributed by atoms with van der Waals surface area (Å²) in [5, 5.41) is 12.3. The Kier molecular flexibility index (Phi) is 4.96. The van der Waals surface area contributed by atoms with Crippen molar-refractivity contribution in [1.82, 2.24) is 14.8 Å². The molecule has 0 spiro atoms. The molecule has 4 rings (SSSR count). The maximum absolute atomic E-state index is 12.9. The number of nitrogens with zero attached hydrogens (tertiary/aromatic N) is 2. The monoisotopic (exact) mass is 393 g/mol. The fraction of sp³-hybridized carbons (Fsp3) is 0.318. The molecule has 1 aliphatic heterocycles. The number of hydrogen-bond donors (Lipinski definition) is 2. The van der Waals surface area contributed by atoms with Crippen molar-refractivity contribution in [3.05, 3.63) is 48.2 Å². The number of rotatable bonds is 4. The summed E-state index contributed by atoms with van der Waals surface area (Å²) in [4.78, 5) is 42.7. The average Bonchev–Trinajstić information content (AvgIpc) is 3.18. The number of carbonyl (C=O) groups excluding carboxylic acids is 2. The van der Waals surface area contributed by atoms with Crippen molar-refractivity contribution in [2.75, 3.05) is 26.7 Å². The summed E-state index contributed by atoms with van der Waals surface area (Å²) in [7, 11) is 1.59. The summed E-state index contributed by atoms with van der Waals surface area (Å²) in [6.45, 7) is 0.652. The minimum atomic E-state index is -0.878. The Balaban J connectivity index is 1.50. The number of carbonyl (C=O) groups is 3. The second-order valence-electron chi connectivity index (χ2n) is 7.61. The van der Waals surface area contributed by atoms with Gasteiger partial charge in [0.05, 0.1) is 12.5 Å². The van der Waals surface area contributed by atoms with Crippen LogP contribution in [0, 0.1) is 5.92 Å². The van der Waals surface area contributed by atoms with E-state index in [2.05, 4.69) is 4.98 Å². The summed E-state index contributed by atoms with van der Waals surface area (Å²) in [5.41, 5.74) is 1.29. The van der Waals surface area contributed by atoms with Gasteiger partial charge in [0.2, 0.25) is 5.91 Å². The molecular weight excluding hydrogens is 370 g/mol. The smallest absolute Gasteiger partial charge is 0.308 e. The molecule has 7 heteroatoms. The van der Waals surface area contributed by atoms with Crippen LogP contribution in [0.1, 0.15) is 23.3 Å². The van der Waals surface area contributed by atoms with Crippen molar-refractivity contribution in [3.63, 3.8) is 0 Å². The van der Waals surface area contributed by atoms with Gasteiger partial charge < -0.3 is 19.9 Å². The highest BCUT2D eigenvalue weighted by molar-refractivity contribution is 6.10. The predicted octanol–water partition coefficient (Wildman–Crippen LogP) is 2.72. The molecule has 1 atom stereocenters. The fourth-order valence-electron chi connectivity index (χ4n) is 3.99. The number of aliphatic carboxylic acids is 1. The van der Waals surface area contributed by atoms with Crippen LogP contribution in [0.2, 0.25) is 0 Å². The number of aromatic nitrogens is 1. The first-order valence-corrected chi connectivity index (χ1v) is 9.70. The third-order valence-electron chi connectivity index (χ3n) is 5.60. The molecule has 1 aromatic heterocycles. The van der Waals surface area contributed by atoms with Gasteiger partial charge in [-0.1, -0.05) is 30.3 Å². The molecule has 2 aromatic carbocycles. The summed E-state index contributed by atoms with van der Waals surface area (Å²) in [5.74, 6) is -1.91. The van der Waals surface area contributed by atoms with Crippen LogP contribution in [-0.4, -0.2) is 64.4 Å². The van der Waals surface area contributed by atoms with Gasteiger partial charge in [-0.3, -0.25) is 14.4 Å². The molecule has 29 heavy (non-hydrogen) atoms. The molecule has 0 radical (unpaired) electrons. The molecule has 0 bridgehead atoms. The normalized spacial score (nSPS) is 16.9. The van der Waals surface area contributed by atoms with Crippen molar-refractivity contribution in [2.24, 2.45) is 5.92 Å². The van der Waals surface area contributed by atoms with Crippen LogP contribution in [0.4, 0.5) is 0 Å². The van der Waals surface area contributed by atoms with Crippen molar-refractivity contribution in [2.45, 2.75) is 12.8 Å². The van der Waals surface area contributed by atoms with E-state index in [9.17, 15) is 19.5 Å². The molecule has 3 aromatic rings. The van der Waals surface area contributed by atoms with E-state index in [-0.39, 0.29) is 24.9 Å². The van der Waals surface area contributed by atoms with Gasteiger partial charge in [-0.15, -0.1) is 0 Å². The zero-order valence-corrected chi connectivity index (χ0v) is 16.2. The van der Waals surface area contributed by atoms with Gasteiger partial charge >= 0.3 is 5.97 Å². The molecule has 2 amide bonds. The number of hydrogen-bond acceptors (Lipinski definition) is 3. The van der Waals surface area contributed by atoms with Gasteiger partial charge in [-0.2, -0.15) is 0 Å². The minimum Gasteiger partial charge on any atom is -0.481 e. The molecule has 1 saturated heterocycles. The molecule has 2 N–H and O–H groups in total. The lowest BCUT2D eigenvalue weighted by Gasteiger charge is -2.31. The first-order chi connectivity index (χ1) is 13.9. The number of amides is 2. The number of H-pyrrole nitrogens is 1. The highest BCUT2D eigenvalue weighted by Crippen LogP contribution is 2.26. The van der Waals surface area contributed by atoms with E-state index >= 15 is 0 Å².